The van der Waals surface area contributed by atoms with E-state index in [1.807, 2.05) is 23.1 Å². The first-order valence-corrected chi connectivity index (χ1v) is 5.33. The minimum absolute atomic E-state index is 0.0852. The largest absolute Gasteiger partial charge is 0.390 e. The normalized spacial score (nSPS) is 28.9. The summed E-state index contributed by atoms with van der Waals surface area (Å²) in [6.07, 6.45) is 0.656. The van der Waals surface area contributed by atoms with Gasteiger partial charge in [0.25, 0.3) is 0 Å². The molecule has 3 nitrogen and oxygen atoms in total. The van der Waals surface area contributed by atoms with E-state index in [1.54, 1.807) is 0 Å². The van der Waals surface area contributed by atoms with Gasteiger partial charge in [-0.3, -0.25) is 4.79 Å². The number of fused-ring (bicyclic) bond motifs is 3. The maximum atomic E-state index is 11.6. The number of carbonyl (C=O) groups is 1. The molecule has 0 aromatic heterocycles. The molecule has 3 heteroatoms. The number of hydrogen-bond donors (Lipinski definition) is 1. The summed E-state index contributed by atoms with van der Waals surface area (Å²) >= 11 is 0. The van der Waals surface area contributed by atoms with Crippen molar-refractivity contribution in [3.63, 3.8) is 0 Å². The molecule has 2 aliphatic rings. The number of aliphatic hydroxyl groups excluding tert-OH is 1. The molecule has 0 radical (unpaired) electrons. The van der Waals surface area contributed by atoms with Gasteiger partial charge in [-0.15, -0.1) is 0 Å². The number of amides is 1. The maximum absolute atomic E-state index is 11.6. The molecule has 78 valence electrons. The van der Waals surface area contributed by atoms with E-state index in [0.717, 1.165) is 18.5 Å². The molecule has 1 amide bonds. The summed E-state index contributed by atoms with van der Waals surface area (Å²) in [5.74, 6) is 0.0852. The molecule has 0 bridgehead atoms. The van der Waals surface area contributed by atoms with Gasteiger partial charge in [0.2, 0.25) is 5.91 Å². The molecule has 2 aliphatic heterocycles. The number of carbonyl (C=O) groups excluding carboxylic acids is 1. The molecule has 1 fully saturated rings. The van der Waals surface area contributed by atoms with Gasteiger partial charge in [0.15, 0.2) is 0 Å². The van der Waals surface area contributed by atoms with Crippen molar-refractivity contribution in [2.24, 2.45) is 0 Å². The van der Waals surface area contributed by atoms with Crippen LogP contribution in [-0.2, 0) is 11.2 Å². The van der Waals surface area contributed by atoms with E-state index in [2.05, 4.69) is 6.07 Å². The summed E-state index contributed by atoms with van der Waals surface area (Å²) in [5, 5.41) is 9.88. The Morgan fingerprint density at radius 1 is 1.33 bits per heavy atom. The molecule has 0 unspecified atom stereocenters. The lowest BCUT2D eigenvalue weighted by Gasteiger charge is -2.33. The van der Waals surface area contributed by atoms with E-state index in [0.29, 0.717) is 0 Å². The van der Waals surface area contributed by atoms with E-state index in [-0.39, 0.29) is 18.4 Å². The molecule has 1 aromatic carbocycles. The molecule has 2 heterocycles. The molecular weight excluding hydrogens is 190 g/mol. The molecule has 1 aromatic rings. The SMILES string of the molecule is O=C1C[C@H](O)[C@H]2c3ccccc3CCN12. The third kappa shape index (κ3) is 1.20. The van der Waals surface area contributed by atoms with Crippen molar-refractivity contribution in [1.82, 2.24) is 4.90 Å². The second-order valence-corrected chi connectivity index (χ2v) is 4.25. The first kappa shape index (κ1) is 8.92. The first-order valence-electron chi connectivity index (χ1n) is 5.33. The molecule has 3 rings (SSSR count). The standard InChI is InChI=1S/C12H13NO2/c14-10-7-11(15)13-6-5-8-3-1-2-4-9(8)12(10)13/h1-4,10,12,14H,5-7H2/t10-,12+/m0/s1. The van der Waals surface area contributed by atoms with Crippen LogP contribution in [0, 0.1) is 0 Å². The maximum Gasteiger partial charge on any atom is 0.225 e. The fourth-order valence-electron chi connectivity index (χ4n) is 2.70. The Labute approximate surface area is 88.3 Å². The molecule has 0 aliphatic carbocycles. The van der Waals surface area contributed by atoms with Crippen LogP contribution in [0.2, 0.25) is 0 Å². The molecule has 0 saturated carbocycles. The van der Waals surface area contributed by atoms with Gasteiger partial charge < -0.3 is 10.0 Å². The van der Waals surface area contributed by atoms with E-state index in [4.69, 9.17) is 0 Å². The van der Waals surface area contributed by atoms with Gasteiger partial charge >= 0.3 is 0 Å². The quantitative estimate of drug-likeness (QED) is 0.680. The van der Waals surface area contributed by atoms with Crippen LogP contribution >= 0.6 is 0 Å². The Bertz CT molecular complexity index is 416. The van der Waals surface area contributed by atoms with Crippen molar-refractivity contribution in [3.8, 4) is 0 Å². The smallest absolute Gasteiger partial charge is 0.225 e. The van der Waals surface area contributed by atoms with Crippen LogP contribution < -0.4 is 0 Å². The number of rotatable bonds is 0. The van der Waals surface area contributed by atoms with Gasteiger partial charge in [-0.1, -0.05) is 24.3 Å². The van der Waals surface area contributed by atoms with Gasteiger partial charge in [0, 0.05) is 6.54 Å². The predicted octanol–water partition coefficient (Wildman–Crippen LogP) is 0.877. The van der Waals surface area contributed by atoms with Gasteiger partial charge in [0.05, 0.1) is 18.6 Å². The van der Waals surface area contributed by atoms with Crippen LogP contribution in [0.25, 0.3) is 0 Å². The third-order valence-electron chi connectivity index (χ3n) is 3.40. The summed E-state index contributed by atoms with van der Waals surface area (Å²) in [7, 11) is 0. The molecular formula is C12H13NO2. The Hall–Kier alpha value is -1.35. The first-order chi connectivity index (χ1) is 7.27. The van der Waals surface area contributed by atoms with Gasteiger partial charge in [-0.25, -0.2) is 0 Å². The van der Waals surface area contributed by atoms with E-state index < -0.39 is 6.10 Å². The van der Waals surface area contributed by atoms with Gasteiger partial charge in [-0.2, -0.15) is 0 Å². The highest BCUT2D eigenvalue weighted by Crippen LogP contribution is 2.38. The van der Waals surface area contributed by atoms with Crippen LogP contribution in [0.4, 0.5) is 0 Å². The second kappa shape index (κ2) is 3.07. The van der Waals surface area contributed by atoms with E-state index in [9.17, 15) is 9.90 Å². The minimum Gasteiger partial charge on any atom is -0.390 e. The van der Waals surface area contributed by atoms with Crippen molar-refractivity contribution in [2.75, 3.05) is 6.54 Å². The van der Waals surface area contributed by atoms with Crippen molar-refractivity contribution in [3.05, 3.63) is 35.4 Å². The summed E-state index contributed by atoms with van der Waals surface area (Å²) in [6.45, 7) is 0.748. The minimum atomic E-state index is -0.529. The lowest BCUT2D eigenvalue weighted by molar-refractivity contribution is -0.129. The zero-order valence-corrected chi connectivity index (χ0v) is 8.39. The number of hydrogen-bond acceptors (Lipinski definition) is 2. The topological polar surface area (TPSA) is 40.5 Å². The van der Waals surface area contributed by atoms with Crippen LogP contribution in [0.1, 0.15) is 23.6 Å². The van der Waals surface area contributed by atoms with Crippen molar-refractivity contribution >= 4 is 5.91 Å². The average molecular weight is 203 g/mol. The Morgan fingerprint density at radius 2 is 2.13 bits per heavy atom. The number of aliphatic hydroxyl groups is 1. The highest BCUT2D eigenvalue weighted by Gasteiger charge is 2.42. The zero-order valence-electron chi connectivity index (χ0n) is 8.39. The molecule has 1 N–H and O–H groups in total. The molecule has 0 spiro atoms. The summed E-state index contributed by atoms with van der Waals surface area (Å²) in [4.78, 5) is 13.4. The Kier molecular flexibility index (Phi) is 1.83. The fourth-order valence-corrected chi connectivity index (χ4v) is 2.70. The molecule has 1 saturated heterocycles. The summed E-state index contributed by atoms with van der Waals surface area (Å²) in [6, 6.07) is 7.99. The van der Waals surface area contributed by atoms with E-state index in [1.165, 1.54) is 5.56 Å². The van der Waals surface area contributed by atoms with Crippen molar-refractivity contribution in [2.45, 2.75) is 25.0 Å². The van der Waals surface area contributed by atoms with Crippen LogP contribution in [-0.4, -0.2) is 28.6 Å². The third-order valence-corrected chi connectivity index (χ3v) is 3.40. The van der Waals surface area contributed by atoms with Crippen molar-refractivity contribution in [1.29, 1.82) is 0 Å². The van der Waals surface area contributed by atoms with Crippen LogP contribution in [0.15, 0.2) is 24.3 Å². The van der Waals surface area contributed by atoms with Crippen LogP contribution in [0.3, 0.4) is 0 Å². The second-order valence-electron chi connectivity index (χ2n) is 4.25. The number of nitrogens with zero attached hydrogens (tertiary/aromatic N) is 1. The summed E-state index contributed by atoms with van der Waals surface area (Å²) < 4.78 is 0. The Morgan fingerprint density at radius 3 is 3.00 bits per heavy atom. The lowest BCUT2D eigenvalue weighted by atomic mass is 9.92. The predicted molar refractivity (Wildman–Crippen MR) is 55.2 cm³/mol. The summed E-state index contributed by atoms with van der Waals surface area (Å²) in [5.41, 5.74) is 2.40. The highest BCUT2D eigenvalue weighted by molar-refractivity contribution is 5.80. The average Bonchev–Trinajstić information content (AvgIpc) is 2.55. The highest BCUT2D eigenvalue weighted by atomic mass is 16.3. The van der Waals surface area contributed by atoms with Gasteiger partial charge in [-0.05, 0) is 17.5 Å². The monoisotopic (exact) mass is 203 g/mol. The lowest BCUT2D eigenvalue weighted by Crippen LogP contribution is -2.36. The molecule has 2 atom stereocenters. The Balaban J connectivity index is 2.09. The van der Waals surface area contributed by atoms with Crippen molar-refractivity contribution < 1.29 is 9.90 Å². The molecule has 15 heavy (non-hydrogen) atoms. The van der Waals surface area contributed by atoms with E-state index >= 15 is 0 Å². The zero-order chi connectivity index (χ0) is 10.4. The fraction of sp³-hybridized carbons (Fsp3) is 0.417. The van der Waals surface area contributed by atoms with Gasteiger partial charge in [0.1, 0.15) is 0 Å². The number of benzene rings is 1. The van der Waals surface area contributed by atoms with Crippen LogP contribution in [0.5, 0.6) is 0 Å².